The zero-order valence-electron chi connectivity index (χ0n) is 16.6. The number of nitrogens with one attached hydrogen (secondary N) is 3. The molecule has 8 nitrogen and oxygen atoms in total. The van der Waals surface area contributed by atoms with Crippen molar-refractivity contribution in [3.63, 3.8) is 0 Å². The third-order valence-electron chi connectivity index (χ3n) is 4.08. The Morgan fingerprint density at radius 2 is 2.07 bits per heavy atom. The molecular formula is C19H27N5O3S. The highest BCUT2D eigenvalue weighted by Gasteiger charge is 2.15. The highest BCUT2D eigenvalue weighted by molar-refractivity contribution is 7.89. The van der Waals surface area contributed by atoms with E-state index >= 15 is 0 Å². The molecule has 2 aromatic rings. The lowest BCUT2D eigenvalue weighted by Gasteiger charge is -2.20. The molecule has 1 atom stereocenters. The van der Waals surface area contributed by atoms with Gasteiger partial charge in [-0.15, -0.1) is 0 Å². The minimum Gasteiger partial charge on any atom is -0.496 e. The van der Waals surface area contributed by atoms with Crippen molar-refractivity contribution in [2.45, 2.75) is 24.8 Å². The summed E-state index contributed by atoms with van der Waals surface area (Å²) in [4.78, 5) is 8.15. The lowest BCUT2D eigenvalue weighted by molar-refractivity contribution is 0.405. The molecule has 0 amide bonds. The second-order valence-corrected chi connectivity index (χ2v) is 7.96. The first-order valence-electron chi connectivity index (χ1n) is 8.89. The molecule has 1 aromatic carbocycles. The molecule has 9 heteroatoms. The third-order valence-corrected chi connectivity index (χ3v) is 5.53. The van der Waals surface area contributed by atoms with Crippen LogP contribution in [0.4, 0.5) is 0 Å². The van der Waals surface area contributed by atoms with E-state index in [0.29, 0.717) is 12.5 Å². The minimum atomic E-state index is -3.57. The summed E-state index contributed by atoms with van der Waals surface area (Å²) in [5.74, 6) is 1.36. The number of benzene rings is 1. The molecule has 0 saturated heterocycles. The van der Waals surface area contributed by atoms with E-state index < -0.39 is 10.0 Å². The summed E-state index contributed by atoms with van der Waals surface area (Å²) in [6.45, 7) is 4.61. The van der Waals surface area contributed by atoms with E-state index in [9.17, 15) is 8.42 Å². The third kappa shape index (κ3) is 5.93. The number of pyridine rings is 1. The van der Waals surface area contributed by atoms with Crippen LogP contribution in [0.15, 0.2) is 52.6 Å². The van der Waals surface area contributed by atoms with Gasteiger partial charge >= 0.3 is 0 Å². The Balaban J connectivity index is 1.89. The molecule has 0 aliphatic rings. The van der Waals surface area contributed by atoms with Crippen LogP contribution in [0.2, 0.25) is 0 Å². The number of rotatable bonds is 8. The molecule has 1 unspecified atom stereocenters. The number of aromatic nitrogens is 1. The molecule has 1 heterocycles. The minimum absolute atomic E-state index is 0.0480. The van der Waals surface area contributed by atoms with Gasteiger partial charge in [0.15, 0.2) is 5.96 Å². The molecule has 0 aliphatic heterocycles. The van der Waals surface area contributed by atoms with Gasteiger partial charge < -0.3 is 15.4 Å². The zero-order chi connectivity index (χ0) is 20.6. The SMILES string of the molecule is CN=C(NCCNS(=O)(=O)c1cccnc1)NC(C)c1cc(C)ccc1OC. The van der Waals surface area contributed by atoms with Gasteiger partial charge in [-0.3, -0.25) is 9.98 Å². The molecule has 1 aromatic heterocycles. The van der Waals surface area contributed by atoms with Gasteiger partial charge in [0.1, 0.15) is 10.6 Å². The average Bonchev–Trinajstić information content (AvgIpc) is 2.70. The smallest absolute Gasteiger partial charge is 0.242 e. The monoisotopic (exact) mass is 405 g/mol. The lowest BCUT2D eigenvalue weighted by atomic mass is 10.0. The second kappa shape index (κ2) is 10.0. The summed E-state index contributed by atoms with van der Waals surface area (Å²) in [5.41, 5.74) is 2.15. The molecule has 0 aliphatic carbocycles. The van der Waals surface area contributed by atoms with Crippen LogP contribution in [-0.2, 0) is 10.0 Å². The van der Waals surface area contributed by atoms with E-state index in [2.05, 4.69) is 31.4 Å². The van der Waals surface area contributed by atoms with E-state index in [1.54, 1.807) is 20.2 Å². The fraction of sp³-hybridized carbons (Fsp3) is 0.368. The molecule has 0 bridgehead atoms. The van der Waals surface area contributed by atoms with E-state index in [-0.39, 0.29) is 17.5 Å². The predicted octanol–water partition coefficient (Wildman–Crippen LogP) is 1.60. The van der Waals surface area contributed by atoms with Crippen LogP contribution in [0.1, 0.15) is 24.1 Å². The van der Waals surface area contributed by atoms with Gasteiger partial charge in [-0.25, -0.2) is 13.1 Å². The van der Waals surface area contributed by atoms with Crippen LogP contribution in [0, 0.1) is 6.92 Å². The number of guanidine groups is 1. The van der Waals surface area contributed by atoms with Crippen molar-refractivity contribution in [3.05, 3.63) is 53.9 Å². The summed E-state index contributed by atoms with van der Waals surface area (Å²) in [5, 5.41) is 6.39. The lowest BCUT2D eigenvalue weighted by Crippen LogP contribution is -2.42. The van der Waals surface area contributed by atoms with Gasteiger partial charge in [-0.05, 0) is 32.0 Å². The highest BCUT2D eigenvalue weighted by Crippen LogP contribution is 2.25. The quantitative estimate of drug-likeness (QED) is 0.350. The Labute approximate surface area is 166 Å². The Hall–Kier alpha value is -2.65. The largest absolute Gasteiger partial charge is 0.496 e. The average molecular weight is 406 g/mol. The van der Waals surface area contributed by atoms with Crippen LogP contribution >= 0.6 is 0 Å². The fourth-order valence-corrected chi connectivity index (χ4v) is 3.62. The molecule has 3 N–H and O–H groups in total. The van der Waals surface area contributed by atoms with Gasteiger partial charge in [0.2, 0.25) is 10.0 Å². The van der Waals surface area contributed by atoms with E-state index in [1.165, 1.54) is 18.5 Å². The summed E-state index contributed by atoms with van der Waals surface area (Å²) in [6.07, 6.45) is 2.84. The fourth-order valence-electron chi connectivity index (χ4n) is 2.63. The Bertz CT molecular complexity index is 901. The predicted molar refractivity (Wildman–Crippen MR) is 110 cm³/mol. The molecule has 0 radical (unpaired) electrons. The van der Waals surface area contributed by atoms with Crippen LogP contribution in [0.25, 0.3) is 0 Å². The number of sulfonamides is 1. The van der Waals surface area contributed by atoms with Crippen molar-refractivity contribution in [3.8, 4) is 5.75 Å². The van der Waals surface area contributed by atoms with Crippen molar-refractivity contribution in [2.24, 2.45) is 4.99 Å². The van der Waals surface area contributed by atoms with E-state index in [0.717, 1.165) is 16.9 Å². The van der Waals surface area contributed by atoms with Crippen molar-refractivity contribution < 1.29 is 13.2 Å². The summed E-state index contributed by atoms with van der Waals surface area (Å²) < 4.78 is 32.3. The molecule has 0 fully saturated rings. The van der Waals surface area contributed by atoms with Gasteiger partial charge in [0.05, 0.1) is 13.2 Å². The first-order valence-corrected chi connectivity index (χ1v) is 10.4. The molecule has 2 rings (SSSR count). The topological polar surface area (TPSA) is 105 Å². The number of aryl methyl sites for hydroxylation is 1. The standard InChI is InChI=1S/C19H27N5O3S/c1-14-7-8-18(27-4)17(12-14)15(2)24-19(20-3)22-10-11-23-28(25,26)16-6-5-9-21-13-16/h5-9,12-13,15,23H,10-11H2,1-4H3,(H2,20,22,24). The van der Waals surface area contributed by atoms with Crippen molar-refractivity contribution in [1.29, 1.82) is 0 Å². The second-order valence-electron chi connectivity index (χ2n) is 6.20. The first-order chi connectivity index (χ1) is 13.4. The van der Waals surface area contributed by atoms with Crippen molar-refractivity contribution in [2.75, 3.05) is 27.2 Å². The van der Waals surface area contributed by atoms with Crippen LogP contribution in [0.5, 0.6) is 5.75 Å². The molecular weight excluding hydrogens is 378 g/mol. The van der Waals surface area contributed by atoms with Gasteiger partial charge in [0, 0.05) is 38.1 Å². The van der Waals surface area contributed by atoms with Crippen LogP contribution < -0.4 is 20.1 Å². The Morgan fingerprint density at radius 3 is 2.71 bits per heavy atom. The molecule has 152 valence electrons. The van der Waals surface area contributed by atoms with Gasteiger partial charge in [-0.1, -0.05) is 17.7 Å². The number of hydrogen-bond acceptors (Lipinski definition) is 5. The summed E-state index contributed by atoms with van der Waals surface area (Å²) in [6, 6.07) is 9.03. The molecule has 0 saturated carbocycles. The zero-order valence-corrected chi connectivity index (χ0v) is 17.4. The number of hydrogen-bond donors (Lipinski definition) is 3. The maximum Gasteiger partial charge on any atom is 0.242 e. The molecule has 28 heavy (non-hydrogen) atoms. The summed E-state index contributed by atoms with van der Waals surface area (Å²) >= 11 is 0. The van der Waals surface area contributed by atoms with Gasteiger partial charge in [0.25, 0.3) is 0 Å². The normalized spacial score (nSPS) is 13.1. The van der Waals surface area contributed by atoms with E-state index in [4.69, 9.17) is 4.74 Å². The van der Waals surface area contributed by atoms with Crippen molar-refractivity contribution in [1.82, 2.24) is 20.3 Å². The van der Waals surface area contributed by atoms with Crippen LogP contribution in [-0.4, -0.2) is 46.6 Å². The first kappa shape index (κ1) is 21.6. The Morgan fingerprint density at radius 1 is 1.29 bits per heavy atom. The number of methoxy groups -OCH3 is 1. The number of nitrogens with zero attached hydrogens (tertiary/aromatic N) is 2. The van der Waals surface area contributed by atoms with Crippen molar-refractivity contribution >= 4 is 16.0 Å². The number of aliphatic imine (C=N–C) groups is 1. The maximum absolute atomic E-state index is 12.2. The van der Waals surface area contributed by atoms with E-state index in [1.807, 2.05) is 26.0 Å². The number of ether oxygens (including phenoxy) is 1. The van der Waals surface area contributed by atoms with Gasteiger partial charge in [-0.2, -0.15) is 0 Å². The maximum atomic E-state index is 12.2. The highest BCUT2D eigenvalue weighted by atomic mass is 32.2. The molecule has 0 spiro atoms. The summed E-state index contributed by atoms with van der Waals surface area (Å²) in [7, 11) is -0.271. The van der Waals surface area contributed by atoms with Crippen LogP contribution in [0.3, 0.4) is 0 Å². The Kier molecular flexibility index (Phi) is 7.77.